The van der Waals surface area contributed by atoms with Gasteiger partial charge in [0.15, 0.2) is 0 Å². The molecule has 5 heteroatoms. The van der Waals surface area contributed by atoms with Crippen LogP contribution in [0.3, 0.4) is 0 Å². The number of anilines is 1. The van der Waals surface area contributed by atoms with Crippen LogP contribution < -0.4 is 10.2 Å². The molecule has 0 bridgehead atoms. The number of benzene rings is 2. The highest BCUT2D eigenvalue weighted by molar-refractivity contribution is 5.95. The molecule has 3 aliphatic heterocycles. The first-order chi connectivity index (χ1) is 14.6. The van der Waals surface area contributed by atoms with E-state index in [2.05, 4.69) is 64.8 Å². The van der Waals surface area contributed by atoms with Crippen molar-refractivity contribution in [3.05, 3.63) is 65.7 Å². The maximum absolute atomic E-state index is 12.3. The summed E-state index contributed by atoms with van der Waals surface area (Å²) in [6.07, 6.45) is 4.24. The molecule has 0 aromatic heterocycles. The minimum Gasteiger partial charge on any atom is -0.349 e. The number of likely N-dealkylation sites (tertiary alicyclic amines) is 1. The highest BCUT2D eigenvalue weighted by atomic mass is 16.2. The van der Waals surface area contributed by atoms with E-state index in [9.17, 15) is 9.59 Å². The lowest BCUT2D eigenvalue weighted by Gasteiger charge is -2.39. The van der Waals surface area contributed by atoms with E-state index in [1.807, 2.05) is 4.90 Å². The standard InChI is InChI=1S/C25H29N3O2/c29-23-8-4-14-25(26-23)18-27(17-22(25)20-6-2-1-3-7-20)16-19-10-12-21(13-11-19)28-15-5-9-24(28)30/h1-3,6-7,10-13,22H,4-5,8-9,14-18H2,(H,26,29)/t22-,25+/m0/s1. The molecule has 1 spiro atoms. The maximum atomic E-state index is 12.3. The van der Waals surface area contributed by atoms with Gasteiger partial charge in [0.25, 0.3) is 0 Å². The summed E-state index contributed by atoms with van der Waals surface area (Å²) >= 11 is 0. The average Bonchev–Trinajstić information content (AvgIpc) is 3.33. The molecule has 2 amide bonds. The summed E-state index contributed by atoms with van der Waals surface area (Å²) in [5.74, 6) is 0.719. The number of hydrogen-bond donors (Lipinski definition) is 1. The van der Waals surface area contributed by atoms with Gasteiger partial charge >= 0.3 is 0 Å². The van der Waals surface area contributed by atoms with Crippen molar-refractivity contribution in [2.45, 2.75) is 50.1 Å². The van der Waals surface area contributed by atoms with Crippen molar-refractivity contribution in [3.8, 4) is 0 Å². The van der Waals surface area contributed by atoms with Gasteiger partial charge in [0.1, 0.15) is 0 Å². The van der Waals surface area contributed by atoms with Gasteiger partial charge in [-0.05, 0) is 42.5 Å². The summed E-state index contributed by atoms with van der Waals surface area (Å²) in [4.78, 5) is 28.6. The van der Waals surface area contributed by atoms with Crippen LogP contribution in [0.4, 0.5) is 5.69 Å². The van der Waals surface area contributed by atoms with Crippen LogP contribution in [-0.2, 0) is 16.1 Å². The monoisotopic (exact) mass is 403 g/mol. The topological polar surface area (TPSA) is 52.7 Å². The Morgan fingerprint density at radius 1 is 0.967 bits per heavy atom. The van der Waals surface area contributed by atoms with E-state index in [4.69, 9.17) is 0 Å². The number of piperidine rings is 1. The average molecular weight is 404 g/mol. The Kier molecular flexibility index (Phi) is 5.07. The first-order valence-electron chi connectivity index (χ1n) is 11.1. The zero-order chi connectivity index (χ0) is 20.6. The van der Waals surface area contributed by atoms with E-state index in [1.165, 1.54) is 11.1 Å². The Morgan fingerprint density at radius 3 is 2.47 bits per heavy atom. The number of nitrogens with one attached hydrogen (secondary N) is 1. The van der Waals surface area contributed by atoms with Gasteiger partial charge in [-0.15, -0.1) is 0 Å². The molecule has 5 nitrogen and oxygen atoms in total. The number of carbonyl (C=O) groups is 2. The lowest BCUT2D eigenvalue weighted by molar-refractivity contribution is -0.125. The van der Waals surface area contributed by atoms with E-state index in [-0.39, 0.29) is 17.4 Å². The summed E-state index contributed by atoms with van der Waals surface area (Å²) in [6.45, 7) is 3.50. The molecule has 3 aliphatic rings. The lowest BCUT2D eigenvalue weighted by atomic mass is 9.76. The molecule has 5 rings (SSSR count). The van der Waals surface area contributed by atoms with E-state index in [1.54, 1.807) is 0 Å². The molecular formula is C25H29N3O2. The molecule has 0 radical (unpaired) electrons. The summed E-state index contributed by atoms with van der Waals surface area (Å²) in [5.41, 5.74) is 3.39. The fourth-order valence-corrected chi connectivity index (χ4v) is 5.54. The molecular weight excluding hydrogens is 374 g/mol. The summed E-state index contributed by atoms with van der Waals surface area (Å²) < 4.78 is 0. The number of hydrogen-bond acceptors (Lipinski definition) is 3. The van der Waals surface area contributed by atoms with Crippen molar-refractivity contribution in [2.24, 2.45) is 0 Å². The molecule has 3 saturated heterocycles. The molecule has 3 heterocycles. The largest absolute Gasteiger partial charge is 0.349 e. The van der Waals surface area contributed by atoms with Crippen molar-refractivity contribution in [3.63, 3.8) is 0 Å². The van der Waals surface area contributed by atoms with Crippen LogP contribution in [0.5, 0.6) is 0 Å². The fraction of sp³-hybridized carbons (Fsp3) is 0.440. The zero-order valence-electron chi connectivity index (χ0n) is 17.3. The molecule has 0 saturated carbocycles. The summed E-state index contributed by atoms with van der Waals surface area (Å²) in [6, 6.07) is 19.0. The smallest absolute Gasteiger partial charge is 0.227 e. The number of carbonyl (C=O) groups excluding carboxylic acids is 2. The third-order valence-corrected chi connectivity index (χ3v) is 6.96. The number of rotatable bonds is 4. The molecule has 30 heavy (non-hydrogen) atoms. The van der Waals surface area contributed by atoms with Gasteiger partial charge < -0.3 is 10.2 Å². The Labute approximate surface area is 178 Å². The van der Waals surface area contributed by atoms with E-state index >= 15 is 0 Å². The zero-order valence-corrected chi connectivity index (χ0v) is 17.3. The highest BCUT2D eigenvalue weighted by Gasteiger charge is 2.49. The van der Waals surface area contributed by atoms with Crippen molar-refractivity contribution in [1.82, 2.24) is 10.2 Å². The highest BCUT2D eigenvalue weighted by Crippen LogP contribution is 2.41. The SMILES string of the molecule is O=C1CCC[C@]2(CN(Cc3ccc(N4CCCC4=O)cc3)C[C@H]2c2ccccc2)N1. The second-order valence-corrected chi connectivity index (χ2v) is 9.01. The Morgan fingerprint density at radius 2 is 1.77 bits per heavy atom. The molecule has 0 unspecified atom stereocenters. The van der Waals surface area contributed by atoms with Crippen LogP contribution >= 0.6 is 0 Å². The van der Waals surface area contributed by atoms with Crippen LogP contribution in [0.1, 0.15) is 49.1 Å². The van der Waals surface area contributed by atoms with Gasteiger partial charge in [0, 0.05) is 50.6 Å². The third kappa shape index (κ3) is 3.63. The van der Waals surface area contributed by atoms with Crippen molar-refractivity contribution < 1.29 is 9.59 Å². The molecule has 3 fully saturated rings. The second kappa shape index (κ2) is 7.88. The van der Waals surface area contributed by atoms with E-state index in [0.29, 0.717) is 18.8 Å². The first-order valence-corrected chi connectivity index (χ1v) is 11.1. The molecule has 156 valence electrons. The van der Waals surface area contributed by atoms with Gasteiger partial charge in [-0.3, -0.25) is 14.5 Å². The van der Waals surface area contributed by atoms with Crippen molar-refractivity contribution in [2.75, 3.05) is 24.5 Å². The molecule has 1 N–H and O–H groups in total. The summed E-state index contributed by atoms with van der Waals surface area (Å²) in [7, 11) is 0. The minimum absolute atomic E-state index is 0.168. The van der Waals surface area contributed by atoms with Crippen molar-refractivity contribution >= 4 is 17.5 Å². The molecule has 2 aromatic carbocycles. The molecule has 2 aromatic rings. The van der Waals surface area contributed by atoms with Gasteiger partial charge in [-0.1, -0.05) is 42.5 Å². The quantitative estimate of drug-likeness (QED) is 0.851. The predicted molar refractivity (Wildman–Crippen MR) is 117 cm³/mol. The lowest BCUT2D eigenvalue weighted by Crippen LogP contribution is -2.56. The maximum Gasteiger partial charge on any atom is 0.227 e. The van der Waals surface area contributed by atoms with Gasteiger partial charge in [0.05, 0.1) is 5.54 Å². The van der Waals surface area contributed by atoms with Crippen molar-refractivity contribution in [1.29, 1.82) is 0 Å². The normalized spacial score (nSPS) is 27.1. The van der Waals surface area contributed by atoms with Crippen LogP contribution in [-0.4, -0.2) is 41.9 Å². The van der Waals surface area contributed by atoms with E-state index in [0.717, 1.165) is 51.1 Å². The number of nitrogens with zero attached hydrogens (tertiary/aromatic N) is 2. The number of amides is 2. The third-order valence-electron chi connectivity index (χ3n) is 6.96. The Bertz CT molecular complexity index is 927. The molecule has 0 aliphatic carbocycles. The van der Waals surface area contributed by atoms with Crippen LogP contribution in [0.25, 0.3) is 0 Å². The fourth-order valence-electron chi connectivity index (χ4n) is 5.54. The Hall–Kier alpha value is -2.66. The second-order valence-electron chi connectivity index (χ2n) is 9.01. The minimum atomic E-state index is -0.168. The van der Waals surface area contributed by atoms with Gasteiger partial charge in [-0.25, -0.2) is 0 Å². The van der Waals surface area contributed by atoms with Gasteiger partial charge in [-0.2, -0.15) is 0 Å². The van der Waals surface area contributed by atoms with Gasteiger partial charge in [0.2, 0.25) is 11.8 Å². The molecule has 2 atom stereocenters. The van der Waals surface area contributed by atoms with E-state index < -0.39 is 0 Å². The Balaban J connectivity index is 1.34. The van der Waals surface area contributed by atoms with Crippen LogP contribution in [0.2, 0.25) is 0 Å². The van der Waals surface area contributed by atoms with Crippen LogP contribution in [0, 0.1) is 0 Å². The first kappa shape index (κ1) is 19.3. The predicted octanol–water partition coefficient (Wildman–Crippen LogP) is 3.45. The summed E-state index contributed by atoms with van der Waals surface area (Å²) in [5, 5.41) is 3.38. The van der Waals surface area contributed by atoms with Crippen LogP contribution in [0.15, 0.2) is 54.6 Å².